The van der Waals surface area contributed by atoms with Crippen LogP contribution < -0.4 is 21.5 Å². The summed E-state index contributed by atoms with van der Waals surface area (Å²) in [4.78, 5) is 12.7. The number of hydrogen-bond donors (Lipinski definition) is 0. The van der Waals surface area contributed by atoms with Gasteiger partial charge in [0.25, 0.3) is 0 Å². The quantitative estimate of drug-likeness (QED) is 0.442. The van der Waals surface area contributed by atoms with Gasteiger partial charge in [0, 0.05) is 18.6 Å². The summed E-state index contributed by atoms with van der Waals surface area (Å²) in [6.45, 7) is 1.92. The molecule has 1 aromatic heterocycles. The molecule has 0 fully saturated rings. The highest BCUT2D eigenvalue weighted by Gasteiger charge is 2.23. The fraction of sp³-hybridized carbons (Fsp3) is 0.100. The van der Waals surface area contributed by atoms with E-state index in [0.29, 0.717) is 0 Å². The fourth-order valence-electron chi connectivity index (χ4n) is 2.54. The molecular formula is C20H17Br2NO. The van der Waals surface area contributed by atoms with Gasteiger partial charge >= 0.3 is 0 Å². The Balaban J connectivity index is 0.00000208. The zero-order chi connectivity index (χ0) is 16.2. The molecule has 0 spiro atoms. The molecule has 24 heavy (non-hydrogen) atoms. The first kappa shape index (κ1) is 18.6. The normalized spacial score (nSPS) is 11.4. The third-order valence-electron chi connectivity index (χ3n) is 3.89. The lowest BCUT2D eigenvalue weighted by Gasteiger charge is -2.08. The minimum atomic E-state index is -0.241. The van der Waals surface area contributed by atoms with Gasteiger partial charge in [-0.1, -0.05) is 54.6 Å². The molecule has 4 heteroatoms. The molecule has 0 saturated heterocycles. The number of Topliss-reactive ketones (excluding diaryl/α,β-unsaturated/α-hetero) is 1. The highest BCUT2D eigenvalue weighted by Crippen LogP contribution is 2.20. The van der Waals surface area contributed by atoms with Crippen LogP contribution in [0.2, 0.25) is 0 Å². The van der Waals surface area contributed by atoms with Gasteiger partial charge in [-0.2, -0.15) is 4.57 Å². The molecular weight excluding hydrogens is 430 g/mol. The van der Waals surface area contributed by atoms with Gasteiger partial charge in [-0.05, 0) is 33.1 Å². The molecule has 0 aliphatic heterocycles. The lowest BCUT2D eigenvalue weighted by molar-refractivity contribution is -0.705. The van der Waals surface area contributed by atoms with Crippen LogP contribution in [0, 0.1) is 0 Å². The van der Waals surface area contributed by atoms with Crippen molar-refractivity contribution in [3.05, 3.63) is 89.2 Å². The maximum atomic E-state index is 12.7. The molecule has 0 radical (unpaired) electrons. The Labute approximate surface area is 161 Å². The second-order valence-corrected chi connectivity index (χ2v) is 6.37. The minimum Gasteiger partial charge on any atom is -1.00 e. The van der Waals surface area contributed by atoms with Crippen molar-refractivity contribution in [2.75, 3.05) is 0 Å². The first-order valence-corrected chi connectivity index (χ1v) is 8.30. The molecule has 1 unspecified atom stereocenters. The van der Waals surface area contributed by atoms with Gasteiger partial charge in [-0.25, -0.2) is 0 Å². The van der Waals surface area contributed by atoms with Crippen molar-refractivity contribution < 1.29 is 26.3 Å². The third-order valence-corrected chi connectivity index (χ3v) is 4.36. The van der Waals surface area contributed by atoms with E-state index in [9.17, 15) is 4.79 Å². The number of carbonyl (C=O) groups is 1. The summed E-state index contributed by atoms with van der Waals surface area (Å²) in [5.41, 5.74) is 3.00. The average Bonchev–Trinajstić information content (AvgIpc) is 2.61. The van der Waals surface area contributed by atoms with Crippen molar-refractivity contribution >= 4 is 21.7 Å². The second kappa shape index (κ2) is 8.36. The molecule has 1 atom stereocenters. The Morgan fingerprint density at radius 3 is 2.17 bits per heavy atom. The Hall–Kier alpha value is -1.78. The summed E-state index contributed by atoms with van der Waals surface area (Å²) in [7, 11) is 0. The van der Waals surface area contributed by atoms with E-state index in [-0.39, 0.29) is 28.8 Å². The van der Waals surface area contributed by atoms with Gasteiger partial charge < -0.3 is 17.0 Å². The van der Waals surface area contributed by atoms with E-state index in [4.69, 9.17) is 0 Å². The highest BCUT2D eigenvalue weighted by atomic mass is 79.9. The van der Waals surface area contributed by atoms with Crippen LogP contribution in [-0.2, 0) is 0 Å². The summed E-state index contributed by atoms with van der Waals surface area (Å²) in [5.74, 6) is 0.104. The molecule has 122 valence electrons. The van der Waals surface area contributed by atoms with Crippen LogP contribution in [0.3, 0.4) is 0 Å². The largest absolute Gasteiger partial charge is 1.00 e. The van der Waals surface area contributed by atoms with E-state index < -0.39 is 0 Å². The van der Waals surface area contributed by atoms with Crippen LogP contribution in [0.4, 0.5) is 0 Å². The van der Waals surface area contributed by atoms with Crippen molar-refractivity contribution in [1.82, 2.24) is 0 Å². The fourth-order valence-corrected chi connectivity index (χ4v) is 2.93. The Kier molecular flexibility index (Phi) is 6.46. The standard InChI is InChI=1S/C20H17BrNO.BrH/c1-15(22-13-5-8-19(21)14-22)20(23)18-11-9-17(10-12-18)16-6-3-2-4-7-16;/h2-15H,1H3;1H/q+1;/p-1. The molecule has 3 rings (SSSR count). The van der Waals surface area contributed by atoms with Gasteiger partial charge in [0.1, 0.15) is 0 Å². The van der Waals surface area contributed by atoms with Crippen LogP contribution in [0.1, 0.15) is 23.3 Å². The van der Waals surface area contributed by atoms with Crippen LogP contribution in [0.15, 0.2) is 83.6 Å². The van der Waals surface area contributed by atoms with Crippen molar-refractivity contribution in [3.8, 4) is 11.1 Å². The predicted octanol–water partition coefficient (Wildman–Crippen LogP) is 1.85. The molecule has 0 bridgehead atoms. The Morgan fingerprint density at radius 2 is 1.54 bits per heavy atom. The van der Waals surface area contributed by atoms with Gasteiger partial charge in [-0.15, -0.1) is 0 Å². The Morgan fingerprint density at radius 1 is 0.917 bits per heavy atom. The number of ketones is 1. The zero-order valence-electron chi connectivity index (χ0n) is 13.2. The van der Waals surface area contributed by atoms with Gasteiger partial charge in [0.15, 0.2) is 12.4 Å². The van der Waals surface area contributed by atoms with E-state index >= 15 is 0 Å². The molecule has 0 N–H and O–H groups in total. The number of carbonyl (C=O) groups excluding carboxylic acids is 1. The topological polar surface area (TPSA) is 20.9 Å². The molecule has 0 aliphatic rings. The van der Waals surface area contributed by atoms with Crippen molar-refractivity contribution in [2.24, 2.45) is 0 Å². The first-order valence-electron chi connectivity index (χ1n) is 7.51. The molecule has 2 nitrogen and oxygen atoms in total. The zero-order valence-corrected chi connectivity index (χ0v) is 16.4. The van der Waals surface area contributed by atoms with E-state index in [1.165, 1.54) is 0 Å². The average molecular weight is 447 g/mol. The van der Waals surface area contributed by atoms with E-state index in [2.05, 4.69) is 28.1 Å². The van der Waals surface area contributed by atoms with Crippen molar-refractivity contribution in [1.29, 1.82) is 0 Å². The lowest BCUT2D eigenvalue weighted by Crippen LogP contribution is -3.00. The van der Waals surface area contributed by atoms with Crippen molar-refractivity contribution in [2.45, 2.75) is 13.0 Å². The lowest BCUT2D eigenvalue weighted by atomic mass is 10.00. The van der Waals surface area contributed by atoms with Crippen LogP contribution in [0.25, 0.3) is 11.1 Å². The molecule has 0 amide bonds. The minimum absolute atomic E-state index is 0. The monoisotopic (exact) mass is 445 g/mol. The smallest absolute Gasteiger partial charge is 0.230 e. The highest BCUT2D eigenvalue weighted by molar-refractivity contribution is 9.10. The number of pyridine rings is 1. The van der Waals surface area contributed by atoms with Crippen LogP contribution >= 0.6 is 15.9 Å². The number of rotatable bonds is 4. The molecule has 0 aliphatic carbocycles. The van der Waals surface area contributed by atoms with E-state index in [1.807, 2.05) is 78.5 Å². The maximum Gasteiger partial charge on any atom is 0.230 e. The summed E-state index contributed by atoms with van der Waals surface area (Å²) in [6.07, 6.45) is 3.83. The SMILES string of the molecule is CC(C(=O)c1ccc(-c2ccccc2)cc1)[n+]1cccc(Br)c1.[Br-]. The Bertz CT molecular complexity index is 817. The predicted molar refractivity (Wildman–Crippen MR) is 95.3 cm³/mol. The van der Waals surface area contributed by atoms with Gasteiger partial charge in [0.2, 0.25) is 11.8 Å². The van der Waals surface area contributed by atoms with Crippen LogP contribution in [-0.4, -0.2) is 5.78 Å². The summed E-state index contributed by atoms with van der Waals surface area (Å²) < 4.78 is 2.87. The summed E-state index contributed by atoms with van der Waals surface area (Å²) >= 11 is 3.44. The molecule has 1 heterocycles. The first-order chi connectivity index (χ1) is 11.1. The van der Waals surface area contributed by atoms with Crippen molar-refractivity contribution in [3.63, 3.8) is 0 Å². The summed E-state index contributed by atoms with van der Waals surface area (Å²) in [6, 6.07) is 21.6. The molecule has 2 aromatic carbocycles. The maximum absolute atomic E-state index is 12.7. The number of hydrogen-bond acceptors (Lipinski definition) is 1. The molecule has 0 saturated carbocycles. The summed E-state index contributed by atoms with van der Waals surface area (Å²) in [5, 5.41) is 0. The number of nitrogens with zero attached hydrogens (tertiary/aromatic N) is 1. The number of halogens is 2. The van der Waals surface area contributed by atoms with Gasteiger partial charge in [-0.3, -0.25) is 4.79 Å². The van der Waals surface area contributed by atoms with E-state index in [0.717, 1.165) is 21.2 Å². The number of benzene rings is 2. The number of aromatic nitrogens is 1. The van der Waals surface area contributed by atoms with Crippen LogP contribution in [0.5, 0.6) is 0 Å². The van der Waals surface area contributed by atoms with Gasteiger partial charge in [0.05, 0.1) is 4.47 Å². The second-order valence-electron chi connectivity index (χ2n) is 5.45. The van der Waals surface area contributed by atoms with E-state index in [1.54, 1.807) is 0 Å². The molecule has 3 aromatic rings. The third kappa shape index (κ3) is 4.19.